The topological polar surface area (TPSA) is 118 Å². The second-order valence-electron chi connectivity index (χ2n) is 14.6. The predicted molar refractivity (Wildman–Crippen MR) is 137 cm³/mol. The third-order valence-corrected chi connectivity index (χ3v) is 13.4. The first-order chi connectivity index (χ1) is 16.6. The Morgan fingerprint density at radius 2 is 1.67 bits per heavy atom. The molecule has 0 saturated heterocycles. The van der Waals surface area contributed by atoms with Crippen LogP contribution in [0.2, 0.25) is 0 Å². The number of hydrogen-bond donors (Lipinski definition) is 5. The Labute approximate surface area is 216 Å². The van der Waals surface area contributed by atoms with E-state index in [2.05, 4.69) is 40.7 Å². The van der Waals surface area contributed by atoms with E-state index in [9.17, 15) is 30.3 Å². The molecule has 0 amide bonds. The van der Waals surface area contributed by atoms with Gasteiger partial charge in [0, 0.05) is 11.3 Å². The maximum Gasteiger partial charge on any atom is 0.310 e. The quantitative estimate of drug-likeness (QED) is 0.363. The monoisotopic (exact) mass is 504 g/mol. The second-order valence-corrected chi connectivity index (χ2v) is 14.6. The summed E-state index contributed by atoms with van der Waals surface area (Å²) in [7, 11) is 0. The van der Waals surface area contributed by atoms with Crippen LogP contribution in [0.5, 0.6) is 0 Å². The molecule has 4 saturated carbocycles. The first kappa shape index (κ1) is 26.6. The van der Waals surface area contributed by atoms with Gasteiger partial charge in [-0.3, -0.25) is 4.79 Å². The molecule has 0 bridgehead atoms. The number of aliphatic carboxylic acids is 1. The van der Waals surface area contributed by atoms with Crippen LogP contribution >= 0.6 is 0 Å². The van der Waals surface area contributed by atoms with Crippen LogP contribution in [-0.2, 0) is 4.79 Å². The minimum absolute atomic E-state index is 0.000534. The van der Waals surface area contributed by atoms with Gasteiger partial charge in [-0.25, -0.2) is 0 Å². The highest BCUT2D eigenvalue weighted by Gasteiger charge is 2.72. The number of fused-ring (bicyclic) bond motifs is 7. The van der Waals surface area contributed by atoms with Crippen molar-refractivity contribution in [1.82, 2.24) is 0 Å². The molecule has 0 aromatic rings. The molecule has 0 aromatic carbocycles. The van der Waals surface area contributed by atoms with Gasteiger partial charge in [0.25, 0.3) is 0 Å². The minimum atomic E-state index is -1.08. The SMILES string of the molecule is C[C@@H]1CCC2(C(=O)O)CC[C@]3(C)C(=CCC4[C@@]5(C)C[C@@H](O)[C@H](O)[C@@](C)(CO)C5C(O)C[C@]43C)C2[C@H]1C. The van der Waals surface area contributed by atoms with Gasteiger partial charge in [-0.2, -0.15) is 0 Å². The van der Waals surface area contributed by atoms with Crippen molar-refractivity contribution < 1.29 is 30.3 Å². The van der Waals surface area contributed by atoms with E-state index >= 15 is 0 Å². The third-order valence-electron chi connectivity index (χ3n) is 13.4. The first-order valence-corrected chi connectivity index (χ1v) is 14.2. The van der Waals surface area contributed by atoms with Crippen molar-refractivity contribution in [3.63, 3.8) is 0 Å². The number of aliphatic hydroxyl groups excluding tert-OH is 4. The average molecular weight is 505 g/mol. The molecule has 6 heteroatoms. The summed E-state index contributed by atoms with van der Waals surface area (Å²) in [5, 5.41) is 54.7. The highest BCUT2D eigenvalue weighted by Crippen LogP contribution is 2.75. The van der Waals surface area contributed by atoms with Crippen molar-refractivity contribution in [2.45, 2.75) is 105 Å². The van der Waals surface area contributed by atoms with Crippen molar-refractivity contribution in [3.05, 3.63) is 11.6 Å². The molecule has 5 aliphatic rings. The molecule has 5 N–H and O–H groups in total. The zero-order chi connectivity index (χ0) is 26.6. The zero-order valence-electron chi connectivity index (χ0n) is 23.0. The number of carbonyl (C=O) groups is 1. The lowest BCUT2D eigenvalue weighted by Gasteiger charge is -2.72. The molecule has 204 valence electrons. The lowest BCUT2D eigenvalue weighted by molar-refractivity contribution is -0.273. The van der Waals surface area contributed by atoms with Crippen LogP contribution in [0.3, 0.4) is 0 Å². The van der Waals surface area contributed by atoms with Gasteiger partial charge in [0.1, 0.15) is 0 Å². The summed E-state index contributed by atoms with van der Waals surface area (Å²) >= 11 is 0. The fourth-order valence-corrected chi connectivity index (χ4v) is 11.2. The van der Waals surface area contributed by atoms with Gasteiger partial charge in [0.05, 0.1) is 30.3 Å². The maximum atomic E-state index is 12.8. The van der Waals surface area contributed by atoms with Crippen LogP contribution in [-0.4, -0.2) is 56.4 Å². The molecule has 0 radical (unpaired) electrons. The normalized spacial score (nSPS) is 58.6. The molecular weight excluding hydrogens is 456 g/mol. The van der Waals surface area contributed by atoms with Crippen LogP contribution in [0, 0.1) is 56.7 Å². The number of rotatable bonds is 2. The van der Waals surface area contributed by atoms with Gasteiger partial charge in [-0.1, -0.05) is 53.2 Å². The lowest BCUT2D eigenvalue weighted by atomic mass is 9.32. The van der Waals surface area contributed by atoms with E-state index in [-0.39, 0.29) is 41.1 Å². The third kappa shape index (κ3) is 2.96. The average Bonchev–Trinajstić information content (AvgIpc) is 2.80. The van der Waals surface area contributed by atoms with Gasteiger partial charge < -0.3 is 25.5 Å². The fourth-order valence-electron chi connectivity index (χ4n) is 11.2. The Morgan fingerprint density at radius 1 is 1.00 bits per heavy atom. The predicted octanol–water partition coefficient (Wildman–Crippen LogP) is 4.00. The van der Waals surface area contributed by atoms with Crippen molar-refractivity contribution in [2.24, 2.45) is 56.7 Å². The Bertz CT molecular complexity index is 963. The van der Waals surface area contributed by atoms with Gasteiger partial charge in [0.15, 0.2) is 0 Å². The Hall–Kier alpha value is -0.950. The van der Waals surface area contributed by atoms with E-state index in [1.165, 1.54) is 5.57 Å². The van der Waals surface area contributed by atoms with Crippen LogP contribution < -0.4 is 0 Å². The Kier molecular flexibility index (Phi) is 5.95. The van der Waals surface area contributed by atoms with Crippen LogP contribution in [0.1, 0.15) is 86.5 Å². The number of carboxylic acids is 1. The number of hydrogen-bond acceptors (Lipinski definition) is 5. The van der Waals surface area contributed by atoms with E-state index in [0.717, 1.165) is 25.7 Å². The van der Waals surface area contributed by atoms with Crippen LogP contribution in [0.4, 0.5) is 0 Å². The first-order valence-electron chi connectivity index (χ1n) is 14.2. The standard InChI is InChI=1S/C30H48O6/c1-16-9-10-30(25(35)36)12-11-28(5)18(22(30)17(16)2)7-8-21-26(3)13-20(33)24(34)27(4,15-31)23(26)19(32)14-29(21,28)6/h7,16-17,19-24,31-34H,8-15H2,1-6H3,(H,35,36)/t16-,17+,19?,20-,21?,22?,23?,24+,26-,27+,28-,29-,30?/m1/s1. The smallest absolute Gasteiger partial charge is 0.310 e. The van der Waals surface area contributed by atoms with E-state index in [4.69, 9.17) is 0 Å². The van der Waals surface area contributed by atoms with Crippen LogP contribution in [0.15, 0.2) is 11.6 Å². The molecule has 13 atom stereocenters. The summed E-state index contributed by atoms with van der Waals surface area (Å²) in [4.78, 5) is 12.8. The van der Waals surface area contributed by atoms with E-state index in [1.54, 1.807) is 0 Å². The number of aliphatic hydroxyl groups is 4. The summed E-state index contributed by atoms with van der Waals surface area (Å²) in [5.41, 5.74) is -1.41. The summed E-state index contributed by atoms with van der Waals surface area (Å²) in [6, 6.07) is 0. The molecule has 5 unspecified atom stereocenters. The summed E-state index contributed by atoms with van der Waals surface area (Å²) in [5.74, 6) is -0.0914. The molecule has 36 heavy (non-hydrogen) atoms. The number of carboxylic acid groups (broad SMARTS) is 1. The van der Waals surface area contributed by atoms with Gasteiger partial charge in [0.2, 0.25) is 0 Å². The van der Waals surface area contributed by atoms with Crippen molar-refractivity contribution >= 4 is 5.97 Å². The minimum Gasteiger partial charge on any atom is -0.481 e. The second kappa shape index (κ2) is 8.03. The van der Waals surface area contributed by atoms with Crippen molar-refractivity contribution in [1.29, 1.82) is 0 Å². The summed E-state index contributed by atoms with van der Waals surface area (Å²) in [6.45, 7) is 12.8. The van der Waals surface area contributed by atoms with E-state index < -0.39 is 40.5 Å². The van der Waals surface area contributed by atoms with E-state index in [0.29, 0.717) is 25.2 Å². The zero-order valence-corrected chi connectivity index (χ0v) is 23.0. The molecular formula is C30H48O6. The molecule has 4 fully saturated rings. The highest BCUT2D eigenvalue weighted by atomic mass is 16.4. The van der Waals surface area contributed by atoms with Gasteiger partial charge >= 0.3 is 5.97 Å². The molecule has 0 heterocycles. The summed E-state index contributed by atoms with van der Waals surface area (Å²) in [6.07, 6.45) is 4.44. The Balaban J connectivity index is 1.65. The molecule has 6 nitrogen and oxygen atoms in total. The molecule has 5 rings (SSSR count). The number of allylic oxidation sites excluding steroid dienone is 2. The van der Waals surface area contributed by atoms with Gasteiger partial charge in [-0.05, 0) is 84.9 Å². The molecule has 5 aliphatic carbocycles. The maximum absolute atomic E-state index is 12.8. The van der Waals surface area contributed by atoms with Crippen molar-refractivity contribution in [3.8, 4) is 0 Å². The van der Waals surface area contributed by atoms with Gasteiger partial charge in [-0.15, -0.1) is 0 Å². The van der Waals surface area contributed by atoms with Crippen LogP contribution in [0.25, 0.3) is 0 Å². The highest BCUT2D eigenvalue weighted by molar-refractivity contribution is 5.76. The fraction of sp³-hybridized carbons (Fsp3) is 0.900. The lowest BCUT2D eigenvalue weighted by Crippen LogP contribution is -2.71. The molecule has 0 aliphatic heterocycles. The van der Waals surface area contributed by atoms with E-state index in [1.807, 2.05) is 6.92 Å². The Morgan fingerprint density at radius 3 is 2.28 bits per heavy atom. The molecule has 0 aromatic heterocycles. The molecule has 0 spiro atoms. The largest absolute Gasteiger partial charge is 0.481 e. The van der Waals surface area contributed by atoms with Crippen molar-refractivity contribution in [2.75, 3.05) is 6.61 Å². The summed E-state index contributed by atoms with van der Waals surface area (Å²) < 4.78 is 0.